The van der Waals surface area contributed by atoms with Crippen LogP contribution in [0.25, 0.3) is 0 Å². The van der Waals surface area contributed by atoms with Gasteiger partial charge in [-0.25, -0.2) is 4.39 Å². The maximum absolute atomic E-state index is 13.1. The Morgan fingerprint density at radius 2 is 2.18 bits per heavy atom. The highest BCUT2D eigenvalue weighted by atomic mass is 79.9. The third-order valence-corrected chi connectivity index (χ3v) is 3.10. The van der Waals surface area contributed by atoms with E-state index in [1.165, 1.54) is 17.7 Å². The van der Waals surface area contributed by atoms with Crippen molar-refractivity contribution in [1.82, 2.24) is 5.32 Å². The molecule has 1 nitrogen and oxygen atoms in total. The SMILES string of the molecule is CCCNC(C=C(C)C)c1ccc(F)cc1Br. The van der Waals surface area contributed by atoms with Gasteiger partial charge in [-0.2, -0.15) is 0 Å². The Balaban J connectivity index is 2.99. The molecule has 0 radical (unpaired) electrons. The first kappa shape index (κ1) is 14.4. The molecule has 1 atom stereocenters. The molecule has 0 amide bonds. The lowest BCUT2D eigenvalue weighted by Gasteiger charge is -2.17. The number of benzene rings is 1. The molecule has 0 aliphatic heterocycles. The summed E-state index contributed by atoms with van der Waals surface area (Å²) in [5, 5.41) is 3.45. The molecule has 0 aliphatic carbocycles. The Morgan fingerprint density at radius 1 is 1.47 bits per heavy atom. The van der Waals surface area contributed by atoms with Gasteiger partial charge in [0.2, 0.25) is 0 Å². The van der Waals surface area contributed by atoms with Crippen molar-refractivity contribution in [2.75, 3.05) is 6.54 Å². The molecule has 1 N–H and O–H groups in total. The molecule has 0 saturated carbocycles. The van der Waals surface area contributed by atoms with E-state index in [0.29, 0.717) is 0 Å². The Labute approximate surface area is 111 Å². The van der Waals surface area contributed by atoms with Gasteiger partial charge in [-0.15, -0.1) is 0 Å². The van der Waals surface area contributed by atoms with Gasteiger partial charge in [-0.05, 0) is 44.5 Å². The van der Waals surface area contributed by atoms with Crippen molar-refractivity contribution in [3.8, 4) is 0 Å². The molecular formula is C14H19BrFN. The maximum atomic E-state index is 13.1. The largest absolute Gasteiger partial charge is 0.307 e. The van der Waals surface area contributed by atoms with Crippen LogP contribution in [0.5, 0.6) is 0 Å². The molecule has 0 aromatic heterocycles. The first-order valence-corrected chi connectivity index (χ1v) is 6.67. The summed E-state index contributed by atoms with van der Waals surface area (Å²) in [6.07, 6.45) is 3.24. The van der Waals surface area contributed by atoms with Crippen LogP contribution in [-0.4, -0.2) is 6.54 Å². The van der Waals surface area contributed by atoms with E-state index in [1.807, 2.05) is 6.07 Å². The zero-order chi connectivity index (χ0) is 12.8. The van der Waals surface area contributed by atoms with Crippen LogP contribution in [-0.2, 0) is 0 Å². The van der Waals surface area contributed by atoms with E-state index in [2.05, 4.69) is 48.1 Å². The predicted molar refractivity (Wildman–Crippen MR) is 74.6 cm³/mol. The molecule has 1 aromatic carbocycles. The monoisotopic (exact) mass is 299 g/mol. The van der Waals surface area contributed by atoms with Gasteiger partial charge >= 0.3 is 0 Å². The fourth-order valence-electron chi connectivity index (χ4n) is 1.65. The van der Waals surface area contributed by atoms with Crippen LogP contribution in [0.1, 0.15) is 38.8 Å². The molecule has 17 heavy (non-hydrogen) atoms. The zero-order valence-corrected chi connectivity index (χ0v) is 12.1. The Bertz CT molecular complexity index is 397. The third-order valence-electron chi connectivity index (χ3n) is 2.41. The molecule has 0 aliphatic rings. The summed E-state index contributed by atoms with van der Waals surface area (Å²) in [5.74, 6) is -0.216. The summed E-state index contributed by atoms with van der Waals surface area (Å²) in [7, 11) is 0. The van der Waals surface area contributed by atoms with Crippen LogP contribution in [0.2, 0.25) is 0 Å². The van der Waals surface area contributed by atoms with Gasteiger partial charge < -0.3 is 5.32 Å². The van der Waals surface area contributed by atoms with Gasteiger partial charge in [0, 0.05) is 4.47 Å². The minimum absolute atomic E-state index is 0.134. The fraction of sp³-hybridized carbons (Fsp3) is 0.429. The molecule has 94 valence electrons. The average molecular weight is 300 g/mol. The predicted octanol–water partition coefficient (Wildman–Crippen LogP) is 4.60. The van der Waals surface area contributed by atoms with E-state index in [4.69, 9.17) is 0 Å². The fourth-order valence-corrected chi connectivity index (χ4v) is 2.24. The lowest BCUT2D eigenvalue weighted by molar-refractivity contribution is 0.600. The third kappa shape index (κ3) is 4.60. The summed E-state index contributed by atoms with van der Waals surface area (Å²) in [4.78, 5) is 0. The molecule has 3 heteroatoms. The number of nitrogens with one attached hydrogen (secondary N) is 1. The number of hydrogen-bond acceptors (Lipinski definition) is 1. The van der Waals surface area contributed by atoms with E-state index in [0.717, 1.165) is 23.0 Å². The van der Waals surface area contributed by atoms with Gasteiger partial charge in [-0.1, -0.05) is 40.6 Å². The van der Waals surface area contributed by atoms with Crippen LogP contribution in [0, 0.1) is 5.82 Å². The second-order valence-corrected chi connectivity index (χ2v) is 5.20. The summed E-state index contributed by atoms with van der Waals surface area (Å²) < 4.78 is 13.9. The molecule has 0 saturated heterocycles. The second kappa shape index (κ2) is 6.92. The molecule has 1 rings (SSSR count). The zero-order valence-electron chi connectivity index (χ0n) is 10.6. The van der Waals surface area contributed by atoms with Gasteiger partial charge in [0.1, 0.15) is 5.82 Å². The standard InChI is InChI=1S/C14H19BrFN/c1-4-7-17-14(8-10(2)3)12-6-5-11(16)9-13(12)15/h5-6,8-9,14,17H,4,7H2,1-3H3. The van der Waals surface area contributed by atoms with E-state index in [9.17, 15) is 4.39 Å². The maximum Gasteiger partial charge on any atom is 0.124 e. The van der Waals surface area contributed by atoms with E-state index < -0.39 is 0 Å². The lowest BCUT2D eigenvalue weighted by Crippen LogP contribution is -2.21. The first-order valence-electron chi connectivity index (χ1n) is 5.88. The molecule has 0 heterocycles. The van der Waals surface area contributed by atoms with Crippen molar-refractivity contribution in [2.24, 2.45) is 0 Å². The summed E-state index contributed by atoms with van der Waals surface area (Å²) in [6, 6.07) is 4.97. The minimum Gasteiger partial charge on any atom is -0.307 e. The van der Waals surface area contributed by atoms with Crippen molar-refractivity contribution in [3.63, 3.8) is 0 Å². The first-order chi connectivity index (χ1) is 8.04. The topological polar surface area (TPSA) is 12.0 Å². The van der Waals surface area contributed by atoms with Gasteiger partial charge in [0.25, 0.3) is 0 Å². The second-order valence-electron chi connectivity index (χ2n) is 4.34. The van der Waals surface area contributed by atoms with Crippen LogP contribution in [0.15, 0.2) is 34.3 Å². The Morgan fingerprint density at radius 3 is 2.71 bits per heavy atom. The number of rotatable bonds is 5. The number of halogens is 2. The summed E-state index contributed by atoms with van der Waals surface area (Å²) in [6.45, 7) is 7.21. The highest BCUT2D eigenvalue weighted by Crippen LogP contribution is 2.26. The van der Waals surface area contributed by atoms with Crippen LogP contribution in [0.3, 0.4) is 0 Å². The van der Waals surface area contributed by atoms with E-state index >= 15 is 0 Å². The van der Waals surface area contributed by atoms with Crippen LogP contribution < -0.4 is 5.32 Å². The number of hydrogen-bond donors (Lipinski definition) is 1. The molecule has 0 fully saturated rings. The van der Waals surface area contributed by atoms with Gasteiger partial charge in [0.05, 0.1) is 6.04 Å². The Hall–Kier alpha value is -0.670. The summed E-state index contributed by atoms with van der Waals surface area (Å²) >= 11 is 3.42. The van der Waals surface area contributed by atoms with Crippen LogP contribution in [0.4, 0.5) is 4.39 Å². The van der Waals surface area contributed by atoms with Crippen molar-refractivity contribution in [1.29, 1.82) is 0 Å². The lowest BCUT2D eigenvalue weighted by atomic mass is 10.0. The average Bonchev–Trinajstić information content (AvgIpc) is 2.24. The molecule has 1 aromatic rings. The normalized spacial score (nSPS) is 12.3. The van der Waals surface area contributed by atoms with Crippen molar-refractivity contribution < 1.29 is 4.39 Å². The number of allylic oxidation sites excluding steroid dienone is 1. The Kier molecular flexibility index (Phi) is 5.86. The summed E-state index contributed by atoms with van der Waals surface area (Å²) in [5.41, 5.74) is 2.32. The quantitative estimate of drug-likeness (QED) is 0.784. The van der Waals surface area contributed by atoms with E-state index in [-0.39, 0.29) is 11.9 Å². The molecule has 0 bridgehead atoms. The van der Waals surface area contributed by atoms with Gasteiger partial charge in [-0.3, -0.25) is 0 Å². The van der Waals surface area contributed by atoms with Crippen molar-refractivity contribution in [3.05, 3.63) is 45.7 Å². The molecule has 0 spiro atoms. The minimum atomic E-state index is -0.216. The van der Waals surface area contributed by atoms with Gasteiger partial charge in [0.15, 0.2) is 0 Å². The van der Waals surface area contributed by atoms with Crippen molar-refractivity contribution >= 4 is 15.9 Å². The molecular weight excluding hydrogens is 281 g/mol. The van der Waals surface area contributed by atoms with Crippen molar-refractivity contribution in [2.45, 2.75) is 33.2 Å². The molecule has 1 unspecified atom stereocenters. The van der Waals surface area contributed by atoms with Crippen LogP contribution >= 0.6 is 15.9 Å². The highest BCUT2D eigenvalue weighted by Gasteiger charge is 2.11. The smallest absolute Gasteiger partial charge is 0.124 e. The van der Waals surface area contributed by atoms with E-state index in [1.54, 1.807) is 0 Å². The highest BCUT2D eigenvalue weighted by molar-refractivity contribution is 9.10.